The molecule has 0 bridgehead atoms. The Morgan fingerprint density at radius 3 is 2.57 bits per heavy atom. The second-order valence-electron chi connectivity index (χ2n) is 5.66. The van der Waals surface area contributed by atoms with Crippen molar-refractivity contribution in [2.24, 2.45) is 11.7 Å². The van der Waals surface area contributed by atoms with Gasteiger partial charge in [0.05, 0.1) is 5.92 Å². The van der Waals surface area contributed by atoms with Gasteiger partial charge in [0.25, 0.3) is 0 Å². The third-order valence-corrected chi connectivity index (χ3v) is 3.99. The first-order valence-corrected chi connectivity index (χ1v) is 7.46. The SMILES string of the molecule is CCCCC(NC(=O)N1CC(C(N)=O)CCC1C)C(=O)O. The quantitative estimate of drug-likeness (QED) is 0.677. The number of nitrogens with one attached hydrogen (secondary N) is 1. The van der Waals surface area contributed by atoms with E-state index in [1.165, 1.54) is 4.90 Å². The Labute approximate surface area is 124 Å². The van der Waals surface area contributed by atoms with Crippen molar-refractivity contribution in [1.82, 2.24) is 10.2 Å². The number of likely N-dealkylation sites (tertiary alicyclic amines) is 1. The van der Waals surface area contributed by atoms with Crippen LogP contribution in [0.15, 0.2) is 0 Å². The van der Waals surface area contributed by atoms with Crippen molar-refractivity contribution < 1.29 is 19.5 Å². The second kappa shape index (κ2) is 7.85. The number of urea groups is 1. The molecular weight excluding hydrogens is 274 g/mol. The molecule has 1 heterocycles. The summed E-state index contributed by atoms with van der Waals surface area (Å²) in [5.74, 6) is -1.81. The van der Waals surface area contributed by atoms with Gasteiger partial charge in [-0.2, -0.15) is 0 Å². The zero-order chi connectivity index (χ0) is 16.0. The minimum absolute atomic E-state index is 0.0266. The second-order valence-corrected chi connectivity index (χ2v) is 5.66. The van der Waals surface area contributed by atoms with Gasteiger partial charge in [0.2, 0.25) is 5.91 Å². The van der Waals surface area contributed by atoms with Gasteiger partial charge in [-0.25, -0.2) is 9.59 Å². The molecule has 0 aromatic heterocycles. The maximum atomic E-state index is 12.3. The lowest BCUT2D eigenvalue weighted by Crippen LogP contribution is -2.55. The maximum Gasteiger partial charge on any atom is 0.326 e. The standard InChI is InChI=1S/C14H25N3O4/c1-3-4-5-11(13(19)20)16-14(21)17-8-10(12(15)18)7-6-9(17)2/h9-11H,3-8H2,1-2H3,(H2,15,18)(H,16,21)(H,19,20). The molecule has 7 nitrogen and oxygen atoms in total. The van der Waals surface area contributed by atoms with Crippen molar-refractivity contribution in [3.05, 3.63) is 0 Å². The molecule has 7 heteroatoms. The summed E-state index contributed by atoms with van der Waals surface area (Å²) < 4.78 is 0. The number of nitrogens with zero attached hydrogens (tertiary/aromatic N) is 1. The molecule has 21 heavy (non-hydrogen) atoms. The fourth-order valence-electron chi connectivity index (χ4n) is 2.52. The van der Waals surface area contributed by atoms with Gasteiger partial charge in [-0.3, -0.25) is 4.79 Å². The maximum absolute atomic E-state index is 12.3. The van der Waals surface area contributed by atoms with Crippen molar-refractivity contribution in [2.75, 3.05) is 6.54 Å². The van der Waals surface area contributed by atoms with Gasteiger partial charge in [0, 0.05) is 12.6 Å². The lowest BCUT2D eigenvalue weighted by molar-refractivity contribution is -0.139. The third-order valence-electron chi connectivity index (χ3n) is 3.99. The summed E-state index contributed by atoms with van der Waals surface area (Å²) >= 11 is 0. The minimum atomic E-state index is -1.03. The van der Waals surface area contributed by atoms with Crippen molar-refractivity contribution in [2.45, 2.75) is 58.0 Å². The first kappa shape index (κ1) is 17.3. The summed E-state index contributed by atoms with van der Waals surface area (Å²) in [7, 11) is 0. The van der Waals surface area contributed by atoms with Crippen LogP contribution in [0.2, 0.25) is 0 Å². The lowest BCUT2D eigenvalue weighted by Gasteiger charge is -2.37. The lowest BCUT2D eigenvalue weighted by atomic mass is 9.93. The zero-order valence-corrected chi connectivity index (χ0v) is 12.7. The number of primary amides is 1. The molecule has 1 fully saturated rings. The van der Waals surface area contributed by atoms with E-state index in [2.05, 4.69) is 5.32 Å². The Hall–Kier alpha value is -1.79. The van der Waals surface area contributed by atoms with Gasteiger partial charge in [0.1, 0.15) is 6.04 Å². The molecule has 1 aliphatic heterocycles. The summed E-state index contributed by atoms with van der Waals surface area (Å²) in [6.45, 7) is 4.10. The first-order valence-electron chi connectivity index (χ1n) is 7.46. The van der Waals surface area contributed by atoms with E-state index >= 15 is 0 Å². The fourth-order valence-corrected chi connectivity index (χ4v) is 2.52. The van der Waals surface area contributed by atoms with E-state index < -0.39 is 23.9 Å². The molecule has 4 N–H and O–H groups in total. The van der Waals surface area contributed by atoms with Crippen LogP contribution in [0.4, 0.5) is 4.79 Å². The van der Waals surface area contributed by atoms with E-state index in [4.69, 9.17) is 10.8 Å². The van der Waals surface area contributed by atoms with Crippen molar-refractivity contribution in [1.29, 1.82) is 0 Å². The van der Waals surface area contributed by atoms with Gasteiger partial charge >= 0.3 is 12.0 Å². The number of carboxylic acids is 1. The number of hydrogen-bond donors (Lipinski definition) is 3. The molecule has 0 aromatic rings. The van der Waals surface area contributed by atoms with E-state index in [-0.39, 0.29) is 18.5 Å². The van der Waals surface area contributed by atoms with Crippen LogP contribution in [0.1, 0.15) is 46.0 Å². The highest BCUT2D eigenvalue weighted by Crippen LogP contribution is 2.21. The van der Waals surface area contributed by atoms with Gasteiger partial charge in [0.15, 0.2) is 0 Å². The smallest absolute Gasteiger partial charge is 0.326 e. The Kier molecular flexibility index (Phi) is 6.45. The average Bonchev–Trinajstić information content (AvgIpc) is 2.42. The summed E-state index contributed by atoms with van der Waals surface area (Å²) in [5.41, 5.74) is 5.30. The Bertz CT molecular complexity index is 400. The van der Waals surface area contributed by atoms with Crippen LogP contribution in [0.5, 0.6) is 0 Å². The highest BCUT2D eigenvalue weighted by Gasteiger charge is 2.33. The van der Waals surface area contributed by atoms with E-state index in [1.54, 1.807) is 0 Å². The van der Waals surface area contributed by atoms with E-state index in [1.807, 2.05) is 13.8 Å². The van der Waals surface area contributed by atoms with Crippen molar-refractivity contribution >= 4 is 17.9 Å². The molecule has 0 aliphatic carbocycles. The molecule has 0 aromatic carbocycles. The monoisotopic (exact) mass is 299 g/mol. The number of carboxylic acid groups (broad SMARTS) is 1. The average molecular weight is 299 g/mol. The van der Waals surface area contributed by atoms with E-state index in [9.17, 15) is 14.4 Å². The molecule has 1 aliphatic rings. The van der Waals surface area contributed by atoms with Gasteiger partial charge in [-0.05, 0) is 26.2 Å². The Morgan fingerprint density at radius 1 is 1.38 bits per heavy atom. The number of carbonyl (C=O) groups excluding carboxylic acids is 2. The Morgan fingerprint density at radius 2 is 2.05 bits per heavy atom. The largest absolute Gasteiger partial charge is 0.480 e. The Balaban J connectivity index is 2.66. The topological polar surface area (TPSA) is 113 Å². The molecule has 0 saturated carbocycles. The fraction of sp³-hybridized carbons (Fsp3) is 0.786. The van der Waals surface area contributed by atoms with Crippen LogP contribution in [0, 0.1) is 5.92 Å². The number of aliphatic carboxylic acids is 1. The predicted molar refractivity (Wildman–Crippen MR) is 77.6 cm³/mol. The number of amides is 3. The van der Waals surface area contributed by atoms with E-state index in [0.29, 0.717) is 19.3 Å². The molecule has 3 atom stereocenters. The number of rotatable bonds is 6. The predicted octanol–water partition coefficient (Wildman–Crippen LogP) is 0.925. The van der Waals surface area contributed by atoms with E-state index in [0.717, 1.165) is 12.8 Å². The number of hydrogen-bond acceptors (Lipinski definition) is 3. The van der Waals surface area contributed by atoms with Crippen LogP contribution < -0.4 is 11.1 Å². The highest BCUT2D eigenvalue weighted by atomic mass is 16.4. The molecule has 120 valence electrons. The molecule has 0 spiro atoms. The van der Waals surface area contributed by atoms with Gasteiger partial charge in [-0.1, -0.05) is 19.8 Å². The van der Waals surface area contributed by atoms with Crippen LogP contribution in [0.3, 0.4) is 0 Å². The molecule has 1 saturated heterocycles. The number of piperidine rings is 1. The summed E-state index contributed by atoms with van der Waals surface area (Å²) in [6.07, 6.45) is 3.35. The molecule has 0 radical (unpaired) electrons. The normalized spacial score (nSPS) is 23.4. The summed E-state index contributed by atoms with van der Waals surface area (Å²) in [6, 6.07) is -1.35. The molecule has 1 rings (SSSR count). The highest BCUT2D eigenvalue weighted by molar-refractivity contribution is 5.83. The van der Waals surface area contributed by atoms with Crippen LogP contribution >= 0.6 is 0 Å². The number of unbranched alkanes of at least 4 members (excludes halogenated alkanes) is 1. The van der Waals surface area contributed by atoms with Crippen molar-refractivity contribution in [3.8, 4) is 0 Å². The number of nitrogens with two attached hydrogens (primary N) is 1. The summed E-state index contributed by atoms with van der Waals surface area (Å²) in [4.78, 5) is 36.2. The molecule has 3 unspecified atom stereocenters. The molecule has 3 amide bonds. The van der Waals surface area contributed by atoms with Crippen LogP contribution in [-0.4, -0.2) is 46.5 Å². The zero-order valence-electron chi connectivity index (χ0n) is 12.7. The number of carbonyl (C=O) groups is 3. The van der Waals surface area contributed by atoms with Crippen LogP contribution in [-0.2, 0) is 9.59 Å². The van der Waals surface area contributed by atoms with Crippen LogP contribution in [0.25, 0.3) is 0 Å². The summed E-state index contributed by atoms with van der Waals surface area (Å²) in [5, 5.41) is 11.7. The first-order chi connectivity index (χ1) is 9.86. The van der Waals surface area contributed by atoms with Gasteiger partial charge in [-0.15, -0.1) is 0 Å². The van der Waals surface area contributed by atoms with Gasteiger partial charge < -0.3 is 21.1 Å². The third kappa shape index (κ3) is 4.91. The molecular formula is C14H25N3O4. The minimum Gasteiger partial charge on any atom is -0.480 e. The van der Waals surface area contributed by atoms with Crippen molar-refractivity contribution in [3.63, 3.8) is 0 Å².